The van der Waals surface area contributed by atoms with E-state index in [4.69, 9.17) is 4.74 Å². The first-order valence-corrected chi connectivity index (χ1v) is 7.33. The number of nitrogens with zero attached hydrogens (tertiary/aromatic N) is 3. The first-order valence-electron chi connectivity index (χ1n) is 7.33. The molecule has 1 aromatic heterocycles. The van der Waals surface area contributed by atoms with Gasteiger partial charge in [0.2, 0.25) is 5.91 Å². The smallest absolute Gasteiger partial charge is 0.241 e. The Bertz CT molecular complexity index is 679. The Balaban J connectivity index is 1.75. The van der Waals surface area contributed by atoms with E-state index in [1.807, 2.05) is 43.3 Å². The van der Waals surface area contributed by atoms with E-state index in [9.17, 15) is 4.79 Å². The predicted molar refractivity (Wildman–Crippen MR) is 83.6 cm³/mol. The average molecular weight is 300 g/mol. The van der Waals surface area contributed by atoms with Crippen LogP contribution in [0.2, 0.25) is 0 Å². The Morgan fingerprint density at radius 3 is 3.05 bits per heavy atom. The molecule has 2 aromatic rings. The maximum absolute atomic E-state index is 12.1. The van der Waals surface area contributed by atoms with Crippen LogP contribution in [0.15, 0.2) is 30.5 Å². The van der Waals surface area contributed by atoms with Gasteiger partial charge in [0, 0.05) is 24.2 Å². The van der Waals surface area contributed by atoms with Gasteiger partial charge in [-0.05, 0) is 26.2 Å². The molecule has 0 unspecified atom stereocenters. The molecule has 3 rings (SSSR count). The fourth-order valence-corrected chi connectivity index (χ4v) is 2.52. The molecule has 0 saturated carbocycles. The van der Waals surface area contributed by atoms with Gasteiger partial charge in [-0.15, -0.1) is 0 Å². The van der Waals surface area contributed by atoms with Crippen molar-refractivity contribution in [2.45, 2.75) is 13.2 Å². The van der Waals surface area contributed by atoms with E-state index in [1.165, 1.54) is 0 Å². The molecule has 1 amide bonds. The van der Waals surface area contributed by atoms with Crippen molar-refractivity contribution in [3.05, 3.63) is 36.0 Å². The van der Waals surface area contributed by atoms with E-state index in [0.717, 1.165) is 29.1 Å². The highest BCUT2D eigenvalue weighted by Gasteiger charge is 2.22. The van der Waals surface area contributed by atoms with E-state index >= 15 is 0 Å². The van der Waals surface area contributed by atoms with Crippen molar-refractivity contribution in [3.8, 4) is 17.0 Å². The van der Waals surface area contributed by atoms with Crippen molar-refractivity contribution in [1.29, 1.82) is 0 Å². The van der Waals surface area contributed by atoms with Crippen LogP contribution in [0.3, 0.4) is 0 Å². The Kier molecular flexibility index (Phi) is 4.11. The van der Waals surface area contributed by atoms with Gasteiger partial charge in [0.05, 0.1) is 11.9 Å². The number of amides is 1. The van der Waals surface area contributed by atoms with E-state index in [0.29, 0.717) is 13.2 Å². The molecule has 0 bridgehead atoms. The summed E-state index contributed by atoms with van der Waals surface area (Å²) >= 11 is 0. The van der Waals surface area contributed by atoms with Crippen LogP contribution < -0.4 is 10.1 Å². The number of carbonyl (C=O) groups excluding carboxylic acids is 1. The molecular formula is C16H20N4O2. The van der Waals surface area contributed by atoms with Crippen molar-refractivity contribution < 1.29 is 9.53 Å². The third-order valence-corrected chi connectivity index (χ3v) is 3.62. The summed E-state index contributed by atoms with van der Waals surface area (Å²) in [6.45, 7) is 2.17. The van der Waals surface area contributed by atoms with Gasteiger partial charge in [-0.1, -0.05) is 12.1 Å². The maximum Gasteiger partial charge on any atom is 0.241 e. The standard InChI is InChI=1S/C16H20N4O2/c1-19(2)8-7-17-15(21)10-20-16-12(9-18-20)11-22-14-6-4-3-5-13(14)16/h3-6,9H,7-8,10-11H2,1-2H3,(H,17,21). The van der Waals surface area contributed by atoms with Crippen molar-refractivity contribution in [1.82, 2.24) is 20.0 Å². The van der Waals surface area contributed by atoms with E-state index in [-0.39, 0.29) is 12.5 Å². The highest BCUT2D eigenvalue weighted by Crippen LogP contribution is 2.36. The second-order valence-corrected chi connectivity index (χ2v) is 5.61. The van der Waals surface area contributed by atoms with E-state index in [1.54, 1.807) is 10.9 Å². The summed E-state index contributed by atoms with van der Waals surface area (Å²) < 4.78 is 7.45. The summed E-state index contributed by atoms with van der Waals surface area (Å²) in [5, 5.41) is 7.26. The Labute approximate surface area is 129 Å². The van der Waals surface area contributed by atoms with Gasteiger partial charge in [0.15, 0.2) is 0 Å². The lowest BCUT2D eigenvalue weighted by Gasteiger charge is -2.19. The normalized spacial score (nSPS) is 12.5. The minimum atomic E-state index is -0.0308. The molecule has 0 spiro atoms. The SMILES string of the molecule is CN(C)CCNC(=O)Cn1ncc2c1-c1ccccc1OC2. The van der Waals surface area contributed by atoms with Gasteiger partial charge in [-0.25, -0.2) is 0 Å². The van der Waals surface area contributed by atoms with Crippen LogP contribution in [-0.4, -0.2) is 47.8 Å². The zero-order valence-corrected chi connectivity index (χ0v) is 12.9. The lowest BCUT2D eigenvalue weighted by atomic mass is 10.0. The lowest BCUT2D eigenvalue weighted by Crippen LogP contribution is -2.34. The number of ether oxygens (including phenoxy) is 1. The fraction of sp³-hybridized carbons (Fsp3) is 0.375. The molecule has 2 heterocycles. The monoisotopic (exact) mass is 300 g/mol. The lowest BCUT2D eigenvalue weighted by molar-refractivity contribution is -0.121. The van der Waals surface area contributed by atoms with Gasteiger partial charge in [0.1, 0.15) is 18.9 Å². The second kappa shape index (κ2) is 6.19. The summed E-state index contributed by atoms with van der Waals surface area (Å²) in [5.74, 6) is 0.807. The van der Waals surface area contributed by atoms with Gasteiger partial charge in [0.25, 0.3) is 0 Å². The summed E-state index contributed by atoms with van der Waals surface area (Å²) in [5.41, 5.74) is 2.98. The minimum absolute atomic E-state index is 0.0308. The number of hydrogen-bond donors (Lipinski definition) is 1. The average Bonchev–Trinajstić information content (AvgIpc) is 2.90. The van der Waals surface area contributed by atoms with Gasteiger partial charge in [-0.3, -0.25) is 9.48 Å². The molecule has 1 N–H and O–H groups in total. The summed E-state index contributed by atoms with van der Waals surface area (Å²) in [6.07, 6.45) is 1.78. The summed E-state index contributed by atoms with van der Waals surface area (Å²) in [6, 6.07) is 7.84. The predicted octanol–water partition coefficient (Wildman–Crippen LogP) is 1.12. The number of aromatic nitrogens is 2. The zero-order valence-electron chi connectivity index (χ0n) is 12.9. The van der Waals surface area contributed by atoms with Crippen LogP contribution in [0.4, 0.5) is 0 Å². The van der Waals surface area contributed by atoms with Crippen molar-refractivity contribution in [3.63, 3.8) is 0 Å². The zero-order chi connectivity index (χ0) is 15.5. The summed E-state index contributed by atoms with van der Waals surface area (Å²) in [7, 11) is 3.96. The number of para-hydroxylation sites is 1. The number of nitrogens with one attached hydrogen (secondary N) is 1. The molecule has 22 heavy (non-hydrogen) atoms. The molecule has 0 aliphatic carbocycles. The van der Waals surface area contributed by atoms with Crippen LogP contribution in [0.1, 0.15) is 5.56 Å². The Morgan fingerprint density at radius 2 is 2.23 bits per heavy atom. The quantitative estimate of drug-likeness (QED) is 0.899. The van der Waals surface area contributed by atoms with E-state index in [2.05, 4.69) is 10.4 Å². The van der Waals surface area contributed by atoms with Gasteiger partial charge < -0.3 is 15.0 Å². The molecule has 0 fully saturated rings. The molecule has 1 aliphatic rings. The molecule has 0 saturated heterocycles. The van der Waals surface area contributed by atoms with Crippen molar-refractivity contribution >= 4 is 5.91 Å². The number of carbonyl (C=O) groups is 1. The first-order chi connectivity index (χ1) is 10.6. The molecule has 6 heteroatoms. The number of likely N-dealkylation sites (N-methyl/N-ethyl adjacent to an activating group) is 1. The number of hydrogen-bond acceptors (Lipinski definition) is 4. The first kappa shape index (κ1) is 14.6. The number of rotatable bonds is 5. The van der Waals surface area contributed by atoms with Gasteiger partial charge in [-0.2, -0.15) is 5.10 Å². The highest BCUT2D eigenvalue weighted by molar-refractivity contribution is 5.78. The molecule has 0 radical (unpaired) electrons. The van der Waals surface area contributed by atoms with Crippen molar-refractivity contribution in [2.24, 2.45) is 0 Å². The molecule has 116 valence electrons. The molecule has 1 aromatic carbocycles. The van der Waals surface area contributed by atoms with Crippen LogP contribution >= 0.6 is 0 Å². The largest absolute Gasteiger partial charge is 0.488 e. The topological polar surface area (TPSA) is 59.4 Å². The summed E-state index contributed by atoms with van der Waals surface area (Å²) in [4.78, 5) is 14.1. The van der Waals surface area contributed by atoms with E-state index < -0.39 is 0 Å². The van der Waals surface area contributed by atoms with Crippen LogP contribution in [0, 0.1) is 0 Å². The fourth-order valence-electron chi connectivity index (χ4n) is 2.52. The molecular weight excluding hydrogens is 280 g/mol. The third kappa shape index (κ3) is 2.96. The maximum atomic E-state index is 12.1. The van der Waals surface area contributed by atoms with Gasteiger partial charge >= 0.3 is 0 Å². The number of fused-ring (bicyclic) bond motifs is 3. The van der Waals surface area contributed by atoms with Crippen LogP contribution in [0.5, 0.6) is 5.75 Å². The second-order valence-electron chi connectivity index (χ2n) is 5.61. The molecule has 1 aliphatic heterocycles. The minimum Gasteiger partial charge on any atom is -0.488 e. The molecule has 0 atom stereocenters. The van der Waals surface area contributed by atoms with Crippen LogP contribution in [0.25, 0.3) is 11.3 Å². The highest BCUT2D eigenvalue weighted by atomic mass is 16.5. The van der Waals surface area contributed by atoms with Crippen LogP contribution in [-0.2, 0) is 17.9 Å². The van der Waals surface area contributed by atoms with Crippen molar-refractivity contribution in [2.75, 3.05) is 27.2 Å². The number of benzene rings is 1. The molecule has 6 nitrogen and oxygen atoms in total. The Hall–Kier alpha value is -2.34. The third-order valence-electron chi connectivity index (χ3n) is 3.62. The Morgan fingerprint density at radius 1 is 1.41 bits per heavy atom.